The van der Waals surface area contributed by atoms with Crippen molar-refractivity contribution in [1.29, 1.82) is 0 Å². The van der Waals surface area contributed by atoms with Crippen molar-refractivity contribution >= 4 is 11.5 Å². The van der Waals surface area contributed by atoms with Gasteiger partial charge in [0.25, 0.3) is 0 Å². The van der Waals surface area contributed by atoms with E-state index in [9.17, 15) is 14.9 Å². The molecule has 0 N–H and O–H groups in total. The maximum Gasteiger partial charge on any atom is 0.312 e. The number of ether oxygens (including phenoxy) is 2. The van der Waals surface area contributed by atoms with E-state index in [0.717, 1.165) is 5.56 Å². The first-order valence-corrected chi connectivity index (χ1v) is 8.27. The second kappa shape index (κ2) is 8.14. The fourth-order valence-electron chi connectivity index (χ4n) is 2.44. The fourth-order valence-corrected chi connectivity index (χ4v) is 2.44. The molecule has 3 aromatic carbocycles. The van der Waals surface area contributed by atoms with E-state index in [4.69, 9.17) is 9.47 Å². The minimum Gasteiger partial charge on any atom is -0.489 e. The van der Waals surface area contributed by atoms with Crippen molar-refractivity contribution in [2.45, 2.75) is 13.5 Å². The van der Waals surface area contributed by atoms with Crippen LogP contribution < -0.4 is 9.47 Å². The molecule has 0 aliphatic heterocycles. The summed E-state index contributed by atoms with van der Waals surface area (Å²) in [5, 5.41) is 11.3. The Morgan fingerprint density at radius 1 is 0.963 bits per heavy atom. The topological polar surface area (TPSA) is 78.7 Å². The maximum absolute atomic E-state index is 11.4. The van der Waals surface area contributed by atoms with Crippen LogP contribution >= 0.6 is 0 Å². The number of carbonyl (C=O) groups excluding carboxylic acids is 1. The number of nitrogens with zero attached hydrogens (tertiary/aromatic N) is 1. The lowest BCUT2D eigenvalue weighted by molar-refractivity contribution is -0.385. The van der Waals surface area contributed by atoms with Gasteiger partial charge >= 0.3 is 5.69 Å². The number of nitro benzene ring substituents is 1. The van der Waals surface area contributed by atoms with Crippen LogP contribution in [0.15, 0.2) is 72.8 Å². The van der Waals surface area contributed by atoms with E-state index >= 15 is 0 Å². The quantitative estimate of drug-likeness (QED) is 0.329. The molecule has 6 heteroatoms. The highest BCUT2D eigenvalue weighted by Crippen LogP contribution is 2.33. The smallest absolute Gasteiger partial charge is 0.312 e. The third-order valence-corrected chi connectivity index (χ3v) is 3.86. The van der Waals surface area contributed by atoms with Gasteiger partial charge in [-0.15, -0.1) is 0 Å². The van der Waals surface area contributed by atoms with E-state index in [0.29, 0.717) is 18.1 Å². The van der Waals surface area contributed by atoms with E-state index in [-0.39, 0.29) is 22.8 Å². The Labute approximate surface area is 156 Å². The molecule has 0 spiro atoms. The van der Waals surface area contributed by atoms with Gasteiger partial charge in [0.15, 0.2) is 5.78 Å². The summed E-state index contributed by atoms with van der Waals surface area (Å²) in [4.78, 5) is 22.1. The van der Waals surface area contributed by atoms with Crippen LogP contribution in [0.1, 0.15) is 22.8 Å². The molecule has 0 saturated carbocycles. The van der Waals surface area contributed by atoms with E-state index in [2.05, 4.69) is 0 Å². The molecule has 0 fully saturated rings. The zero-order valence-corrected chi connectivity index (χ0v) is 14.6. The highest BCUT2D eigenvalue weighted by Gasteiger charge is 2.18. The molecule has 0 bridgehead atoms. The van der Waals surface area contributed by atoms with E-state index in [1.54, 1.807) is 24.3 Å². The van der Waals surface area contributed by atoms with Gasteiger partial charge < -0.3 is 9.47 Å². The standard InChI is InChI=1S/C21H17NO5/c1-15(23)17-7-12-21(20(13-17)22(24)25)27-19-10-8-18(9-11-19)26-14-16-5-3-2-4-6-16/h2-13H,14H2,1H3. The Morgan fingerprint density at radius 3 is 2.26 bits per heavy atom. The van der Waals surface area contributed by atoms with Crippen molar-refractivity contribution in [3.05, 3.63) is 94.0 Å². The predicted molar refractivity (Wildman–Crippen MR) is 100 cm³/mol. The number of rotatable bonds is 7. The first-order valence-electron chi connectivity index (χ1n) is 8.27. The number of Topliss-reactive ketones (excluding diaryl/α,β-unsaturated/α-hetero) is 1. The monoisotopic (exact) mass is 363 g/mol. The third kappa shape index (κ3) is 4.70. The number of carbonyl (C=O) groups is 1. The summed E-state index contributed by atoms with van der Waals surface area (Å²) in [6.07, 6.45) is 0. The van der Waals surface area contributed by atoms with Crippen molar-refractivity contribution in [1.82, 2.24) is 0 Å². The Kier molecular flexibility index (Phi) is 5.47. The molecule has 0 aliphatic carbocycles. The molecule has 0 saturated heterocycles. The summed E-state index contributed by atoms with van der Waals surface area (Å²) < 4.78 is 11.3. The maximum atomic E-state index is 11.4. The summed E-state index contributed by atoms with van der Waals surface area (Å²) in [6, 6.07) is 20.7. The lowest BCUT2D eigenvalue weighted by Crippen LogP contribution is -1.98. The number of hydrogen-bond donors (Lipinski definition) is 0. The summed E-state index contributed by atoms with van der Waals surface area (Å²) in [5.74, 6) is 0.917. The molecule has 136 valence electrons. The van der Waals surface area contributed by atoms with Crippen molar-refractivity contribution in [2.24, 2.45) is 0 Å². The van der Waals surface area contributed by atoms with Crippen LogP contribution in [0, 0.1) is 10.1 Å². The minimum absolute atomic E-state index is 0.0722. The molecule has 0 unspecified atom stereocenters. The molecule has 3 rings (SSSR count). The van der Waals surface area contributed by atoms with Crippen LogP contribution in [-0.4, -0.2) is 10.7 Å². The van der Waals surface area contributed by atoms with Gasteiger partial charge in [0.2, 0.25) is 5.75 Å². The molecule has 0 radical (unpaired) electrons. The highest BCUT2D eigenvalue weighted by atomic mass is 16.6. The number of ketones is 1. The first kappa shape index (κ1) is 18.1. The lowest BCUT2D eigenvalue weighted by atomic mass is 10.1. The van der Waals surface area contributed by atoms with Crippen LogP contribution in [-0.2, 0) is 6.61 Å². The molecular weight excluding hydrogens is 346 g/mol. The summed E-state index contributed by atoms with van der Waals surface area (Å²) in [6.45, 7) is 1.80. The van der Waals surface area contributed by atoms with Crippen LogP contribution in [0.4, 0.5) is 5.69 Å². The zero-order chi connectivity index (χ0) is 19.2. The summed E-state index contributed by atoms with van der Waals surface area (Å²) in [7, 11) is 0. The van der Waals surface area contributed by atoms with Crippen LogP contribution in [0.5, 0.6) is 17.2 Å². The van der Waals surface area contributed by atoms with Gasteiger partial charge in [-0.3, -0.25) is 14.9 Å². The second-order valence-corrected chi connectivity index (χ2v) is 5.84. The minimum atomic E-state index is -0.570. The molecule has 3 aromatic rings. The molecule has 0 heterocycles. The zero-order valence-electron chi connectivity index (χ0n) is 14.6. The van der Waals surface area contributed by atoms with Crippen molar-refractivity contribution in [3.8, 4) is 17.2 Å². The molecule has 6 nitrogen and oxygen atoms in total. The highest BCUT2D eigenvalue weighted by molar-refractivity contribution is 5.95. The average molecular weight is 363 g/mol. The van der Waals surface area contributed by atoms with Crippen molar-refractivity contribution in [3.63, 3.8) is 0 Å². The molecule has 0 aliphatic rings. The Morgan fingerprint density at radius 2 is 1.63 bits per heavy atom. The normalized spacial score (nSPS) is 10.3. The molecular formula is C21H17NO5. The molecule has 27 heavy (non-hydrogen) atoms. The second-order valence-electron chi connectivity index (χ2n) is 5.84. The average Bonchev–Trinajstić information content (AvgIpc) is 2.68. The fraction of sp³-hybridized carbons (Fsp3) is 0.0952. The molecule has 0 atom stereocenters. The van der Waals surface area contributed by atoms with E-state index < -0.39 is 4.92 Å². The van der Waals surface area contributed by atoms with Crippen LogP contribution in [0.2, 0.25) is 0 Å². The lowest BCUT2D eigenvalue weighted by Gasteiger charge is -2.09. The summed E-state index contributed by atoms with van der Waals surface area (Å²) in [5.41, 5.74) is 1.06. The van der Waals surface area contributed by atoms with Crippen molar-refractivity contribution < 1.29 is 19.2 Å². The first-order chi connectivity index (χ1) is 13.0. The Hall–Kier alpha value is -3.67. The van der Waals surface area contributed by atoms with Gasteiger partial charge in [-0.1, -0.05) is 30.3 Å². The van der Waals surface area contributed by atoms with Gasteiger partial charge in [0, 0.05) is 11.6 Å². The summed E-state index contributed by atoms with van der Waals surface area (Å²) >= 11 is 0. The largest absolute Gasteiger partial charge is 0.489 e. The number of benzene rings is 3. The predicted octanol–water partition coefficient (Wildman–Crippen LogP) is 5.17. The number of hydrogen-bond acceptors (Lipinski definition) is 5. The SMILES string of the molecule is CC(=O)c1ccc(Oc2ccc(OCc3ccccc3)cc2)c([N+](=O)[O-])c1. The Bertz CT molecular complexity index is 952. The third-order valence-electron chi connectivity index (χ3n) is 3.86. The van der Waals surface area contributed by atoms with Gasteiger partial charge in [0.05, 0.1) is 4.92 Å². The van der Waals surface area contributed by atoms with Crippen molar-refractivity contribution in [2.75, 3.05) is 0 Å². The van der Waals surface area contributed by atoms with Gasteiger partial charge in [0.1, 0.15) is 18.1 Å². The molecule has 0 aromatic heterocycles. The van der Waals surface area contributed by atoms with Crippen LogP contribution in [0.25, 0.3) is 0 Å². The van der Waals surface area contributed by atoms with Gasteiger partial charge in [-0.2, -0.15) is 0 Å². The molecule has 0 amide bonds. The Balaban J connectivity index is 1.71. The van der Waals surface area contributed by atoms with Gasteiger partial charge in [-0.25, -0.2) is 0 Å². The van der Waals surface area contributed by atoms with Gasteiger partial charge in [-0.05, 0) is 48.9 Å². The van der Waals surface area contributed by atoms with Crippen LogP contribution in [0.3, 0.4) is 0 Å². The van der Waals surface area contributed by atoms with E-state index in [1.165, 1.54) is 25.1 Å². The van der Waals surface area contributed by atoms with E-state index in [1.807, 2.05) is 30.3 Å². The number of nitro groups is 1.